The van der Waals surface area contributed by atoms with E-state index in [0.717, 1.165) is 16.0 Å². The third-order valence-corrected chi connectivity index (χ3v) is 6.08. The van der Waals surface area contributed by atoms with Gasteiger partial charge < -0.3 is 10.1 Å². The van der Waals surface area contributed by atoms with Gasteiger partial charge in [0.1, 0.15) is 6.04 Å². The summed E-state index contributed by atoms with van der Waals surface area (Å²) in [6, 6.07) is 15.2. The molecule has 2 aromatic rings. The summed E-state index contributed by atoms with van der Waals surface area (Å²) in [4.78, 5) is 52.6. The molecule has 0 radical (unpaired) electrons. The SMILES string of the molecule is Cc1ccc(NC(=O)COC(=O)[C@@H](Cc2ccccc2)N2C(=O)[C@H]3CC=CC[C@H]3C2=O)cc1. The Morgan fingerprint density at radius 1 is 0.970 bits per heavy atom. The van der Waals surface area contributed by atoms with Crippen LogP contribution < -0.4 is 5.32 Å². The summed E-state index contributed by atoms with van der Waals surface area (Å²) in [7, 11) is 0. The van der Waals surface area contributed by atoms with Crippen molar-refractivity contribution in [1.82, 2.24) is 4.90 Å². The normalized spacial score (nSPS) is 20.3. The number of carbonyl (C=O) groups excluding carboxylic acids is 4. The van der Waals surface area contributed by atoms with E-state index in [0.29, 0.717) is 18.5 Å². The van der Waals surface area contributed by atoms with Crippen LogP contribution in [-0.4, -0.2) is 41.2 Å². The van der Waals surface area contributed by atoms with Crippen LogP contribution in [0.15, 0.2) is 66.7 Å². The van der Waals surface area contributed by atoms with Crippen LogP contribution in [0.3, 0.4) is 0 Å². The molecular formula is C26H26N2O5. The smallest absolute Gasteiger partial charge is 0.330 e. The van der Waals surface area contributed by atoms with Crippen molar-refractivity contribution in [2.24, 2.45) is 11.8 Å². The van der Waals surface area contributed by atoms with E-state index < -0.39 is 36.4 Å². The molecule has 1 fully saturated rings. The van der Waals surface area contributed by atoms with Crippen molar-refractivity contribution in [3.8, 4) is 0 Å². The van der Waals surface area contributed by atoms with Crippen molar-refractivity contribution < 1.29 is 23.9 Å². The summed E-state index contributed by atoms with van der Waals surface area (Å²) in [5.41, 5.74) is 2.43. The van der Waals surface area contributed by atoms with Crippen molar-refractivity contribution in [2.45, 2.75) is 32.2 Å². The highest BCUT2D eigenvalue weighted by Crippen LogP contribution is 2.36. The number of amides is 3. The number of nitrogens with zero attached hydrogens (tertiary/aromatic N) is 1. The first-order valence-corrected chi connectivity index (χ1v) is 11.0. The van der Waals surface area contributed by atoms with Gasteiger partial charge in [-0.1, -0.05) is 60.2 Å². The fourth-order valence-electron chi connectivity index (χ4n) is 4.32. The Morgan fingerprint density at radius 3 is 2.18 bits per heavy atom. The van der Waals surface area contributed by atoms with Gasteiger partial charge >= 0.3 is 5.97 Å². The van der Waals surface area contributed by atoms with Crippen LogP contribution in [0.5, 0.6) is 0 Å². The highest BCUT2D eigenvalue weighted by Gasteiger charge is 2.51. The molecular weight excluding hydrogens is 420 g/mol. The van der Waals surface area contributed by atoms with Crippen LogP contribution in [0.2, 0.25) is 0 Å². The van der Waals surface area contributed by atoms with Crippen LogP contribution >= 0.6 is 0 Å². The number of hydrogen-bond donors (Lipinski definition) is 1. The second kappa shape index (κ2) is 9.81. The minimum absolute atomic E-state index is 0.129. The summed E-state index contributed by atoms with van der Waals surface area (Å²) >= 11 is 0. The first-order valence-electron chi connectivity index (χ1n) is 11.0. The zero-order valence-corrected chi connectivity index (χ0v) is 18.4. The monoisotopic (exact) mass is 446 g/mol. The number of fused-ring (bicyclic) bond motifs is 1. The molecule has 170 valence electrons. The first-order chi connectivity index (χ1) is 15.9. The predicted molar refractivity (Wildman–Crippen MR) is 122 cm³/mol. The number of esters is 1. The third-order valence-electron chi connectivity index (χ3n) is 6.08. The van der Waals surface area contributed by atoms with Crippen molar-refractivity contribution in [3.63, 3.8) is 0 Å². The lowest BCUT2D eigenvalue weighted by atomic mass is 9.85. The number of ether oxygens (including phenoxy) is 1. The topological polar surface area (TPSA) is 92.8 Å². The molecule has 1 saturated heterocycles. The molecule has 0 saturated carbocycles. The van der Waals surface area contributed by atoms with Crippen LogP contribution in [0.25, 0.3) is 0 Å². The standard InChI is InChI=1S/C26H26N2O5/c1-17-11-13-19(14-12-17)27-23(29)16-33-26(32)22(15-18-7-3-2-4-8-18)28-24(30)20-9-5-6-10-21(20)25(28)31/h2-8,11-14,20-22H,9-10,15-16H2,1H3,(H,27,29)/t20-,21+,22-/m1/s1. The van der Waals surface area contributed by atoms with Gasteiger partial charge in [0.25, 0.3) is 5.91 Å². The van der Waals surface area contributed by atoms with Crippen molar-refractivity contribution >= 4 is 29.4 Å². The lowest BCUT2D eigenvalue weighted by molar-refractivity contribution is -0.159. The molecule has 1 aliphatic heterocycles. The van der Waals surface area contributed by atoms with E-state index in [-0.39, 0.29) is 18.2 Å². The largest absolute Gasteiger partial charge is 0.454 e. The number of aryl methyl sites for hydroxylation is 1. The van der Waals surface area contributed by atoms with Crippen LogP contribution in [0.1, 0.15) is 24.0 Å². The summed E-state index contributed by atoms with van der Waals surface area (Å²) in [6.07, 6.45) is 4.89. The van der Waals surface area contributed by atoms with E-state index in [1.54, 1.807) is 12.1 Å². The van der Waals surface area contributed by atoms with Gasteiger partial charge in [-0.05, 0) is 37.5 Å². The molecule has 7 nitrogen and oxygen atoms in total. The second-order valence-corrected chi connectivity index (χ2v) is 8.43. The van der Waals surface area contributed by atoms with Crippen molar-refractivity contribution in [3.05, 3.63) is 77.9 Å². The number of likely N-dealkylation sites (tertiary alicyclic amines) is 1. The molecule has 0 bridgehead atoms. The number of anilines is 1. The molecule has 7 heteroatoms. The van der Waals surface area contributed by atoms with Crippen LogP contribution in [-0.2, 0) is 30.3 Å². The van der Waals surface area contributed by atoms with Gasteiger partial charge in [0.2, 0.25) is 11.8 Å². The van der Waals surface area contributed by atoms with Crippen LogP contribution in [0, 0.1) is 18.8 Å². The average molecular weight is 447 g/mol. The number of imide groups is 1. The summed E-state index contributed by atoms with van der Waals surface area (Å²) in [5, 5.41) is 2.67. The second-order valence-electron chi connectivity index (χ2n) is 8.43. The van der Waals surface area contributed by atoms with Crippen molar-refractivity contribution in [2.75, 3.05) is 11.9 Å². The number of allylic oxidation sites excluding steroid dienone is 2. The Morgan fingerprint density at radius 2 is 1.58 bits per heavy atom. The lowest BCUT2D eigenvalue weighted by Gasteiger charge is -2.25. The minimum atomic E-state index is -1.12. The van der Waals surface area contributed by atoms with Gasteiger partial charge in [-0.25, -0.2) is 4.79 Å². The van der Waals surface area contributed by atoms with E-state index in [1.165, 1.54) is 0 Å². The molecule has 33 heavy (non-hydrogen) atoms. The third kappa shape index (κ3) is 5.03. The molecule has 1 heterocycles. The molecule has 3 atom stereocenters. The Bertz CT molecular complexity index is 1050. The number of nitrogens with one attached hydrogen (secondary N) is 1. The Hall–Kier alpha value is -3.74. The number of hydrogen-bond acceptors (Lipinski definition) is 5. The Kier molecular flexibility index (Phi) is 6.68. The Labute approximate surface area is 192 Å². The zero-order chi connectivity index (χ0) is 23.4. The first kappa shape index (κ1) is 22.5. The van der Waals surface area contributed by atoms with Gasteiger partial charge in [-0.3, -0.25) is 19.3 Å². The highest BCUT2D eigenvalue weighted by molar-refractivity contribution is 6.08. The number of rotatable bonds is 7. The maximum Gasteiger partial charge on any atom is 0.330 e. The molecule has 0 aromatic heterocycles. The van der Waals surface area contributed by atoms with Gasteiger partial charge in [0, 0.05) is 12.1 Å². The Balaban J connectivity index is 1.48. The molecule has 4 rings (SSSR count). The van der Waals surface area contributed by atoms with Gasteiger partial charge in [-0.2, -0.15) is 0 Å². The predicted octanol–water partition coefficient (Wildman–Crippen LogP) is 3.04. The van der Waals surface area contributed by atoms with Gasteiger partial charge in [0.15, 0.2) is 6.61 Å². The highest BCUT2D eigenvalue weighted by atomic mass is 16.5. The van der Waals surface area contributed by atoms with Crippen LogP contribution in [0.4, 0.5) is 5.69 Å². The molecule has 3 amide bonds. The lowest BCUT2D eigenvalue weighted by Crippen LogP contribution is -2.48. The van der Waals surface area contributed by atoms with E-state index in [9.17, 15) is 19.2 Å². The number of carbonyl (C=O) groups is 4. The fourth-order valence-corrected chi connectivity index (χ4v) is 4.32. The fraction of sp³-hybridized carbons (Fsp3) is 0.308. The van der Waals surface area contributed by atoms with Gasteiger partial charge in [0.05, 0.1) is 11.8 Å². The van der Waals surface area contributed by atoms with Gasteiger partial charge in [-0.15, -0.1) is 0 Å². The molecule has 1 aliphatic carbocycles. The number of benzene rings is 2. The average Bonchev–Trinajstić information content (AvgIpc) is 3.08. The van der Waals surface area contributed by atoms with E-state index in [4.69, 9.17) is 4.74 Å². The van der Waals surface area contributed by atoms with E-state index in [1.807, 2.05) is 61.5 Å². The maximum atomic E-state index is 13.1. The molecule has 1 N–H and O–H groups in total. The van der Waals surface area contributed by atoms with E-state index in [2.05, 4.69) is 5.32 Å². The molecule has 2 aromatic carbocycles. The quantitative estimate of drug-likeness (QED) is 0.401. The molecule has 0 unspecified atom stereocenters. The summed E-state index contributed by atoms with van der Waals surface area (Å²) < 4.78 is 5.28. The van der Waals surface area contributed by atoms with E-state index >= 15 is 0 Å². The summed E-state index contributed by atoms with van der Waals surface area (Å²) in [6.45, 7) is 1.43. The molecule has 2 aliphatic rings. The molecule has 0 spiro atoms. The maximum absolute atomic E-state index is 13.1. The minimum Gasteiger partial charge on any atom is -0.454 e. The zero-order valence-electron chi connectivity index (χ0n) is 18.4. The summed E-state index contributed by atoms with van der Waals surface area (Å²) in [5.74, 6) is -2.86. The van der Waals surface area contributed by atoms with Crippen molar-refractivity contribution in [1.29, 1.82) is 0 Å².